The largest absolute Gasteiger partial charge is 0.463 e. The molecule has 0 bridgehead atoms. The van der Waals surface area contributed by atoms with Crippen molar-refractivity contribution in [3.63, 3.8) is 0 Å². The molecule has 5 heteroatoms. The lowest BCUT2D eigenvalue weighted by Gasteiger charge is -2.22. The van der Waals surface area contributed by atoms with Crippen LogP contribution in [-0.2, 0) is 9.53 Å². The molecule has 1 unspecified atom stereocenters. The summed E-state index contributed by atoms with van der Waals surface area (Å²) in [5.41, 5.74) is 0.553. The fraction of sp³-hybridized carbons (Fsp3) is 0.667. The Hall–Kier alpha value is -1.15. The maximum absolute atomic E-state index is 12.0. The van der Waals surface area contributed by atoms with Crippen molar-refractivity contribution < 1.29 is 9.53 Å². The van der Waals surface area contributed by atoms with Gasteiger partial charge < -0.3 is 9.64 Å². The Kier molecular flexibility index (Phi) is 3.09. The van der Waals surface area contributed by atoms with E-state index < -0.39 is 0 Å². The lowest BCUT2D eigenvalue weighted by molar-refractivity contribution is -0.139. The molecule has 0 aromatic carbocycles. The third-order valence-electron chi connectivity index (χ3n) is 3.03. The summed E-state index contributed by atoms with van der Waals surface area (Å²) in [7, 11) is 0. The Balaban J connectivity index is 2.33. The molecule has 0 saturated carbocycles. The van der Waals surface area contributed by atoms with Gasteiger partial charge >= 0.3 is 5.97 Å². The zero-order valence-electron chi connectivity index (χ0n) is 10.3. The molecule has 2 aliphatic heterocycles. The van der Waals surface area contributed by atoms with Gasteiger partial charge in [0.1, 0.15) is 5.25 Å². The van der Waals surface area contributed by atoms with Crippen molar-refractivity contribution >= 4 is 17.7 Å². The first-order valence-corrected chi connectivity index (χ1v) is 6.60. The maximum atomic E-state index is 12.0. The van der Waals surface area contributed by atoms with Gasteiger partial charge in [-0.3, -0.25) is 0 Å². The Morgan fingerprint density at radius 3 is 3.00 bits per heavy atom. The minimum atomic E-state index is -0.235. The van der Waals surface area contributed by atoms with Gasteiger partial charge in [-0.1, -0.05) is 25.6 Å². The van der Waals surface area contributed by atoms with Gasteiger partial charge in [-0.25, -0.2) is 4.79 Å². The standard InChI is InChI=1S/C12H16N2O2S/c1-4-16-11(15)9-10-14(7-12(9,2)3)6-8(5-13)17-10/h8H,4,6-7H2,1-3H3. The van der Waals surface area contributed by atoms with Crippen LogP contribution in [0.15, 0.2) is 10.6 Å². The summed E-state index contributed by atoms with van der Waals surface area (Å²) in [4.78, 5) is 14.1. The van der Waals surface area contributed by atoms with Crippen molar-refractivity contribution in [2.45, 2.75) is 26.0 Å². The highest BCUT2D eigenvalue weighted by Gasteiger charge is 2.46. The van der Waals surface area contributed by atoms with Crippen molar-refractivity contribution in [3.8, 4) is 6.07 Å². The predicted molar refractivity (Wildman–Crippen MR) is 66.0 cm³/mol. The molecule has 92 valence electrons. The van der Waals surface area contributed by atoms with Gasteiger partial charge in [-0.15, -0.1) is 0 Å². The third kappa shape index (κ3) is 2.02. The molecule has 0 aromatic rings. The Bertz CT molecular complexity index is 423. The number of nitriles is 1. The number of ether oxygens (including phenoxy) is 1. The molecule has 0 radical (unpaired) electrons. The van der Waals surface area contributed by atoms with E-state index in [1.54, 1.807) is 0 Å². The SMILES string of the molecule is CCOC(=O)C1=C2SC(C#N)CN2CC1(C)C. The molecule has 2 aliphatic rings. The van der Waals surface area contributed by atoms with Crippen molar-refractivity contribution in [2.75, 3.05) is 19.7 Å². The highest BCUT2D eigenvalue weighted by molar-refractivity contribution is 8.04. The molecule has 2 heterocycles. The number of esters is 1. The van der Waals surface area contributed by atoms with E-state index in [2.05, 4.69) is 11.0 Å². The van der Waals surface area contributed by atoms with Gasteiger partial charge in [0.05, 0.1) is 23.3 Å². The number of hydrogen-bond donors (Lipinski definition) is 0. The van der Waals surface area contributed by atoms with Crippen LogP contribution in [0.5, 0.6) is 0 Å². The van der Waals surface area contributed by atoms with E-state index >= 15 is 0 Å². The zero-order valence-corrected chi connectivity index (χ0v) is 11.1. The second-order valence-electron chi connectivity index (χ2n) is 4.90. The number of carbonyl (C=O) groups excluding carboxylic acids is 1. The van der Waals surface area contributed by atoms with E-state index in [0.29, 0.717) is 13.2 Å². The number of hydrogen-bond acceptors (Lipinski definition) is 5. The van der Waals surface area contributed by atoms with Crippen molar-refractivity contribution in [1.82, 2.24) is 4.90 Å². The first-order chi connectivity index (χ1) is 7.99. The summed E-state index contributed by atoms with van der Waals surface area (Å²) in [5, 5.41) is 9.82. The highest BCUT2D eigenvalue weighted by Crippen LogP contribution is 2.48. The lowest BCUT2D eigenvalue weighted by atomic mass is 9.87. The van der Waals surface area contributed by atoms with E-state index in [1.807, 2.05) is 20.8 Å². The maximum Gasteiger partial charge on any atom is 0.337 e. The molecule has 1 saturated heterocycles. The summed E-state index contributed by atoms with van der Waals surface area (Å²) in [6.07, 6.45) is 0. The number of rotatable bonds is 2. The van der Waals surface area contributed by atoms with Gasteiger partial charge in [-0.2, -0.15) is 5.26 Å². The van der Waals surface area contributed by atoms with Gasteiger partial charge in [0, 0.05) is 18.5 Å². The van der Waals surface area contributed by atoms with E-state index in [4.69, 9.17) is 10.00 Å². The summed E-state index contributed by atoms with van der Waals surface area (Å²) in [5.74, 6) is -0.235. The van der Waals surface area contributed by atoms with Crippen LogP contribution in [0, 0.1) is 16.7 Å². The lowest BCUT2D eigenvalue weighted by Crippen LogP contribution is -2.28. The van der Waals surface area contributed by atoms with E-state index in [0.717, 1.165) is 17.1 Å². The first kappa shape index (κ1) is 12.3. The highest BCUT2D eigenvalue weighted by atomic mass is 32.2. The number of fused-ring (bicyclic) bond motifs is 1. The fourth-order valence-corrected chi connectivity index (χ4v) is 3.71. The normalized spacial score (nSPS) is 25.8. The van der Waals surface area contributed by atoms with Crippen molar-refractivity contribution in [2.24, 2.45) is 5.41 Å². The van der Waals surface area contributed by atoms with Gasteiger partial charge in [0.2, 0.25) is 0 Å². The minimum absolute atomic E-state index is 0.0643. The van der Waals surface area contributed by atoms with Crippen LogP contribution in [0.25, 0.3) is 0 Å². The monoisotopic (exact) mass is 252 g/mol. The molecule has 0 aliphatic carbocycles. The summed E-state index contributed by atoms with van der Waals surface area (Å²) >= 11 is 1.49. The van der Waals surface area contributed by atoms with Gasteiger partial charge in [0.15, 0.2) is 0 Å². The molecule has 0 spiro atoms. The summed E-state index contributed by atoms with van der Waals surface area (Å²) in [6.45, 7) is 7.80. The van der Waals surface area contributed by atoms with Crippen molar-refractivity contribution in [1.29, 1.82) is 5.26 Å². The second-order valence-corrected chi connectivity index (χ2v) is 6.09. The van der Waals surface area contributed by atoms with Crippen LogP contribution in [0.3, 0.4) is 0 Å². The summed E-state index contributed by atoms with van der Waals surface area (Å²) in [6, 6.07) is 2.25. The zero-order chi connectivity index (χ0) is 12.6. The molecule has 0 aromatic heterocycles. The third-order valence-corrected chi connectivity index (χ3v) is 4.25. The average molecular weight is 252 g/mol. The van der Waals surface area contributed by atoms with E-state index in [9.17, 15) is 4.79 Å². The number of thioether (sulfide) groups is 1. The van der Waals surface area contributed by atoms with Crippen molar-refractivity contribution in [3.05, 3.63) is 10.6 Å². The van der Waals surface area contributed by atoms with E-state index in [-0.39, 0.29) is 16.6 Å². The van der Waals surface area contributed by atoms with Crippen LogP contribution in [0.1, 0.15) is 20.8 Å². The van der Waals surface area contributed by atoms with Crippen LogP contribution >= 0.6 is 11.8 Å². The second kappa shape index (κ2) is 4.26. The molecular formula is C12H16N2O2S. The fourth-order valence-electron chi connectivity index (χ4n) is 2.36. The quantitative estimate of drug-likeness (QED) is 0.701. The van der Waals surface area contributed by atoms with Gasteiger partial charge in [0.25, 0.3) is 0 Å². The Labute approximate surface area is 106 Å². The van der Waals surface area contributed by atoms with E-state index in [1.165, 1.54) is 11.8 Å². The van der Waals surface area contributed by atoms with Crippen LogP contribution in [0.2, 0.25) is 0 Å². The topological polar surface area (TPSA) is 53.3 Å². The Morgan fingerprint density at radius 1 is 1.71 bits per heavy atom. The molecule has 0 amide bonds. The van der Waals surface area contributed by atoms with Crippen LogP contribution < -0.4 is 0 Å². The molecule has 17 heavy (non-hydrogen) atoms. The molecule has 0 N–H and O–H groups in total. The smallest absolute Gasteiger partial charge is 0.337 e. The van der Waals surface area contributed by atoms with Crippen LogP contribution in [0.4, 0.5) is 0 Å². The average Bonchev–Trinajstić information content (AvgIpc) is 2.70. The van der Waals surface area contributed by atoms with Gasteiger partial charge in [-0.05, 0) is 6.92 Å². The molecular weight excluding hydrogens is 236 g/mol. The first-order valence-electron chi connectivity index (χ1n) is 5.72. The van der Waals surface area contributed by atoms with Crippen LogP contribution in [-0.4, -0.2) is 35.8 Å². The minimum Gasteiger partial charge on any atom is -0.463 e. The number of nitrogens with zero attached hydrogens (tertiary/aromatic N) is 2. The molecule has 4 nitrogen and oxygen atoms in total. The number of carbonyl (C=O) groups is 1. The molecule has 2 rings (SSSR count). The predicted octanol–water partition coefficient (Wildman–Crippen LogP) is 1.74. The summed E-state index contributed by atoms with van der Waals surface area (Å²) < 4.78 is 5.12. The molecule has 1 atom stereocenters. The Morgan fingerprint density at radius 2 is 2.41 bits per heavy atom. The molecule has 1 fully saturated rings.